The Balaban J connectivity index is 1.97. The highest BCUT2D eigenvalue weighted by molar-refractivity contribution is 6.04. The summed E-state index contributed by atoms with van der Waals surface area (Å²) < 4.78 is 4.97. The number of nitrogens with zero attached hydrogens (tertiary/aromatic N) is 1. The minimum Gasteiger partial charge on any atom is -0.385 e. The fourth-order valence-electron chi connectivity index (χ4n) is 2.92. The lowest BCUT2D eigenvalue weighted by molar-refractivity contribution is -0.121. The average Bonchev–Trinajstić information content (AvgIpc) is 2.59. The summed E-state index contributed by atoms with van der Waals surface area (Å²) in [4.78, 5) is 27.0. The molecule has 6 nitrogen and oxygen atoms in total. The normalized spacial score (nSPS) is 18.2. The molecular weight excluding hydrogens is 306 g/mol. The quantitative estimate of drug-likeness (QED) is 0.746. The third-order valence-electron chi connectivity index (χ3n) is 4.24. The minimum atomic E-state index is -0.178. The fraction of sp³-hybridized carbons (Fsp3) is 0.556. The maximum absolute atomic E-state index is 12.5. The Bertz CT molecular complexity index is 562. The topological polar surface area (TPSA) is 70.7 Å². The summed E-state index contributed by atoms with van der Waals surface area (Å²) in [6.07, 6.45) is 2.67. The van der Waals surface area contributed by atoms with Crippen LogP contribution in [0.25, 0.3) is 0 Å². The SMILES string of the molecule is COCCCNC(=O)c1ccccc1NC(=O)[C@H]1CCCN(C)C1. The van der Waals surface area contributed by atoms with Crippen molar-refractivity contribution in [3.63, 3.8) is 0 Å². The van der Waals surface area contributed by atoms with Crippen molar-refractivity contribution >= 4 is 17.5 Å². The lowest BCUT2D eigenvalue weighted by Crippen LogP contribution is -2.38. The molecule has 0 unspecified atom stereocenters. The molecule has 1 atom stereocenters. The number of hydrogen-bond acceptors (Lipinski definition) is 4. The molecule has 1 aromatic rings. The molecule has 0 radical (unpaired) electrons. The standard InChI is InChI=1S/C18H27N3O3/c1-21-11-5-7-14(13-21)17(22)20-16-9-4-3-8-15(16)18(23)19-10-6-12-24-2/h3-4,8-9,14H,5-7,10-13H2,1-2H3,(H,19,23)(H,20,22)/t14-/m0/s1. The number of methoxy groups -OCH3 is 1. The molecule has 24 heavy (non-hydrogen) atoms. The molecule has 1 aromatic carbocycles. The highest BCUT2D eigenvalue weighted by Crippen LogP contribution is 2.20. The zero-order valence-electron chi connectivity index (χ0n) is 14.5. The van der Waals surface area contributed by atoms with Gasteiger partial charge in [0.25, 0.3) is 5.91 Å². The van der Waals surface area contributed by atoms with Crippen LogP contribution < -0.4 is 10.6 Å². The van der Waals surface area contributed by atoms with Gasteiger partial charge in [0.2, 0.25) is 5.91 Å². The van der Waals surface area contributed by atoms with Crippen LogP contribution in [0, 0.1) is 5.92 Å². The fourth-order valence-corrected chi connectivity index (χ4v) is 2.92. The summed E-state index contributed by atoms with van der Waals surface area (Å²) in [5.41, 5.74) is 1.06. The number of benzene rings is 1. The van der Waals surface area contributed by atoms with Gasteiger partial charge in [0.05, 0.1) is 17.2 Å². The number of anilines is 1. The molecule has 1 aliphatic heterocycles. The van der Waals surface area contributed by atoms with Gasteiger partial charge in [0.1, 0.15) is 0 Å². The Morgan fingerprint density at radius 1 is 1.33 bits per heavy atom. The number of ether oxygens (including phenoxy) is 1. The third kappa shape index (κ3) is 5.32. The minimum absolute atomic E-state index is 0.0128. The van der Waals surface area contributed by atoms with Crippen LogP contribution in [-0.2, 0) is 9.53 Å². The molecule has 0 aliphatic carbocycles. The second kappa shape index (κ2) is 9.39. The number of nitrogens with one attached hydrogen (secondary N) is 2. The van der Waals surface area contributed by atoms with Crippen LogP contribution in [0.1, 0.15) is 29.6 Å². The van der Waals surface area contributed by atoms with Gasteiger partial charge >= 0.3 is 0 Å². The maximum atomic E-state index is 12.5. The van der Waals surface area contributed by atoms with E-state index in [1.807, 2.05) is 13.1 Å². The Kier molecular flexibility index (Phi) is 7.21. The number of para-hydroxylation sites is 1. The van der Waals surface area contributed by atoms with E-state index >= 15 is 0 Å². The van der Waals surface area contributed by atoms with Gasteiger partial charge < -0.3 is 20.3 Å². The van der Waals surface area contributed by atoms with E-state index in [2.05, 4.69) is 15.5 Å². The average molecular weight is 333 g/mol. The molecule has 6 heteroatoms. The van der Waals surface area contributed by atoms with E-state index in [0.29, 0.717) is 24.4 Å². The predicted octanol–water partition coefficient (Wildman–Crippen LogP) is 1.73. The van der Waals surface area contributed by atoms with Crippen LogP contribution in [0.3, 0.4) is 0 Å². The van der Waals surface area contributed by atoms with E-state index in [9.17, 15) is 9.59 Å². The van der Waals surface area contributed by atoms with Crippen molar-refractivity contribution in [2.45, 2.75) is 19.3 Å². The van der Waals surface area contributed by atoms with Gasteiger partial charge in [-0.15, -0.1) is 0 Å². The first-order chi connectivity index (χ1) is 11.6. The molecule has 2 N–H and O–H groups in total. The van der Waals surface area contributed by atoms with Gasteiger partial charge in [-0.25, -0.2) is 0 Å². The van der Waals surface area contributed by atoms with Gasteiger partial charge in [-0.05, 0) is 45.0 Å². The smallest absolute Gasteiger partial charge is 0.253 e. The van der Waals surface area contributed by atoms with Gasteiger partial charge in [-0.2, -0.15) is 0 Å². The maximum Gasteiger partial charge on any atom is 0.253 e. The molecule has 0 spiro atoms. The van der Waals surface area contributed by atoms with Gasteiger partial charge in [-0.1, -0.05) is 12.1 Å². The first-order valence-corrected chi connectivity index (χ1v) is 8.47. The van der Waals surface area contributed by atoms with E-state index in [4.69, 9.17) is 4.74 Å². The number of rotatable bonds is 7. The van der Waals surface area contributed by atoms with E-state index in [0.717, 1.165) is 32.4 Å². The second-order valence-corrected chi connectivity index (χ2v) is 6.24. The second-order valence-electron chi connectivity index (χ2n) is 6.24. The Morgan fingerprint density at radius 3 is 2.88 bits per heavy atom. The molecule has 2 amide bonds. The van der Waals surface area contributed by atoms with Gasteiger partial charge in [-0.3, -0.25) is 9.59 Å². The Labute approximate surface area is 143 Å². The predicted molar refractivity (Wildman–Crippen MR) is 94.1 cm³/mol. The molecule has 1 saturated heterocycles. The van der Waals surface area contributed by atoms with Crippen LogP contribution in [0.4, 0.5) is 5.69 Å². The van der Waals surface area contributed by atoms with Crippen LogP contribution in [0.15, 0.2) is 24.3 Å². The van der Waals surface area contributed by atoms with Crippen molar-refractivity contribution in [1.82, 2.24) is 10.2 Å². The van der Waals surface area contributed by atoms with Crippen molar-refractivity contribution in [2.75, 3.05) is 45.7 Å². The number of likely N-dealkylation sites (tertiary alicyclic amines) is 1. The Hall–Kier alpha value is -1.92. The summed E-state index contributed by atoms with van der Waals surface area (Å²) in [5, 5.41) is 5.79. The van der Waals surface area contributed by atoms with Gasteiger partial charge in [0.15, 0.2) is 0 Å². The van der Waals surface area contributed by atoms with Crippen LogP contribution in [0.2, 0.25) is 0 Å². The van der Waals surface area contributed by atoms with Gasteiger partial charge in [0, 0.05) is 26.8 Å². The van der Waals surface area contributed by atoms with Crippen LogP contribution in [0.5, 0.6) is 0 Å². The van der Waals surface area contributed by atoms with E-state index < -0.39 is 0 Å². The number of carbonyl (C=O) groups is 2. The first kappa shape index (κ1) is 18.4. The lowest BCUT2D eigenvalue weighted by Gasteiger charge is -2.28. The molecule has 0 saturated carbocycles. The molecule has 2 rings (SSSR count). The molecule has 0 aromatic heterocycles. The van der Waals surface area contributed by atoms with E-state index in [-0.39, 0.29) is 17.7 Å². The van der Waals surface area contributed by atoms with E-state index in [1.54, 1.807) is 25.3 Å². The zero-order chi connectivity index (χ0) is 17.4. The highest BCUT2D eigenvalue weighted by Gasteiger charge is 2.24. The highest BCUT2D eigenvalue weighted by atomic mass is 16.5. The van der Waals surface area contributed by atoms with Crippen molar-refractivity contribution in [2.24, 2.45) is 5.92 Å². The van der Waals surface area contributed by atoms with Crippen molar-refractivity contribution in [1.29, 1.82) is 0 Å². The largest absolute Gasteiger partial charge is 0.385 e. The Morgan fingerprint density at radius 2 is 2.12 bits per heavy atom. The number of piperidine rings is 1. The van der Waals surface area contributed by atoms with Crippen molar-refractivity contribution in [3.05, 3.63) is 29.8 Å². The number of hydrogen-bond donors (Lipinski definition) is 2. The van der Waals surface area contributed by atoms with Crippen LogP contribution in [-0.4, -0.2) is 57.1 Å². The summed E-state index contributed by atoms with van der Waals surface area (Å²) >= 11 is 0. The molecule has 0 bridgehead atoms. The lowest BCUT2D eigenvalue weighted by atomic mass is 9.97. The summed E-state index contributed by atoms with van der Waals surface area (Å²) in [6.45, 7) is 2.94. The summed E-state index contributed by atoms with van der Waals surface area (Å²) in [5.74, 6) is -0.217. The molecule has 1 aliphatic rings. The summed E-state index contributed by atoms with van der Waals surface area (Å²) in [6, 6.07) is 7.13. The summed E-state index contributed by atoms with van der Waals surface area (Å²) in [7, 11) is 3.66. The molecule has 1 heterocycles. The van der Waals surface area contributed by atoms with Crippen molar-refractivity contribution < 1.29 is 14.3 Å². The molecule has 132 valence electrons. The third-order valence-corrected chi connectivity index (χ3v) is 4.24. The zero-order valence-corrected chi connectivity index (χ0v) is 14.5. The monoisotopic (exact) mass is 333 g/mol. The van der Waals surface area contributed by atoms with Crippen LogP contribution >= 0.6 is 0 Å². The number of amides is 2. The van der Waals surface area contributed by atoms with E-state index in [1.165, 1.54) is 0 Å². The first-order valence-electron chi connectivity index (χ1n) is 8.47. The molecular formula is C18H27N3O3. The number of carbonyl (C=O) groups excluding carboxylic acids is 2. The molecule has 1 fully saturated rings. The van der Waals surface area contributed by atoms with Crippen molar-refractivity contribution in [3.8, 4) is 0 Å².